The predicted octanol–water partition coefficient (Wildman–Crippen LogP) is 3.45. The molecule has 2 aromatic carbocycles. The fourth-order valence-electron chi connectivity index (χ4n) is 2.38. The molecule has 0 aliphatic carbocycles. The third kappa shape index (κ3) is 5.78. The summed E-state index contributed by atoms with van der Waals surface area (Å²) in [5, 5.41) is 18.8. The van der Waals surface area contributed by atoms with Gasteiger partial charge in [-0.3, -0.25) is 9.59 Å². The van der Waals surface area contributed by atoms with Crippen LogP contribution in [0.3, 0.4) is 0 Å². The highest BCUT2D eigenvalue weighted by molar-refractivity contribution is 8.15. The molecule has 2 aromatic rings. The number of amidine groups is 1. The number of nitrogens with zero attached hydrogens (tertiary/aromatic N) is 2. The molecule has 1 saturated heterocycles. The maximum atomic E-state index is 14.2. The lowest BCUT2D eigenvalue weighted by Crippen LogP contribution is -2.26. The van der Waals surface area contributed by atoms with Crippen LogP contribution in [0.4, 0.5) is 4.39 Å². The van der Waals surface area contributed by atoms with Crippen LogP contribution in [0.1, 0.15) is 17.5 Å². The first-order chi connectivity index (χ1) is 13.9. The number of hydrogen-bond donors (Lipinski definition) is 2. The molecule has 0 saturated carbocycles. The molecule has 10 heteroatoms. The second-order valence-corrected chi connectivity index (χ2v) is 7.51. The number of nitrogens with one attached hydrogen (secondary N) is 1. The van der Waals surface area contributed by atoms with Crippen LogP contribution in [0.15, 0.2) is 52.7 Å². The maximum Gasteiger partial charge on any atom is 0.305 e. The van der Waals surface area contributed by atoms with Gasteiger partial charge in [0.15, 0.2) is 16.7 Å². The Balaban J connectivity index is 1.59. The Morgan fingerprint density at radius 3 is 2.86 bits per heavy atom. The minimum atomic E-state index is -1.07. The molecule has 29 heavy (non-hydrogen) atoms. The number of halogens is 2. The Bertz CT molecular complexity index is 999. The predicted molar refractivity (Wildman–Crippen MR) is 109 cm³/mol. The summed E-state index contributed by atoms with van der Waals surface area (Å²) < 4.78 is 19.7. The summed E-state index contributed by atoms with van der Waals surface area (Å²) >= 11 is 7.03. The van der Waals surface area contributed by atoms with Crippen molar-refractivity contribution in [1.82, 2.24) is 5.32 Å². The third-order valence-corrected chi connectivity index (χ3v) is 5.23. The van der Waals surface area contributed by atoms with Crippen LogP contribution in [0, 0.1) is 5.82 Å². The lowest BCUT2D eigenvalue weighted by Gasteiger charge is -2.08. The summed E-state index contributed by atoms with van der Waals surface area (Å²) in [6, 6.07) is 11.4. The van der Waals surface area contributed by atoms with Gasteiger partial charge in [-0.15, -0.1) is 5.10 Å². The van der Waals surface area contributed by atoms with E-state index in [9.17, 15) is 14.0 Å². The van der Waals surface area contributed by atoms with Crippen molar-refractivity contribution >= 4 is 46.6 Å². The van der Waals surface area contributed by atoms with Crippen LogP contribution in [0.25, 0.3) is 0 Å². The normalized spacial score (nSPS) is 17.7. The van der Waals surface area contributed by atoms with Crippen LogP contribution in [0.5, 0.6) is 5.75 Å². The molecule has 1 aliphatic rings. The van der Waals surface area contributed by atoms with Crippen molar-refractivity contribution in [2.45, 2.75) is 18.3 Å². The largest absolute Gasteiger partial charge is 0.486 e. The zero-order chi connectivity index (χ0) is 20.8. The molecule has 0 aromatic heterocycles. The average Bonchev–Trinajstić information content (AvgIpc) is 3.01. The number of benzene rings is 2. The van der Waals surface area contributed by atoms with Crippen LogP contribution in [-0.2, 0) is 16.2 Å². The molecule has 1 atom stereocenters. The number of thioether (sulfide) groups is 1. The van der Waals surface area contributed by atoms with Crippen molar-refractivity contribution in [3.63, 3.8) is 0 Å². The SMILES string of the molecule is O=C(O)CC1SC(=NN=Cc2ccc(OCc3ccccc3Cl)c(F)c2)NC1=O. The van der Waals surface area contributed by atoms with Crippen LogP contribution in [0.2, 0.25) is 5.02 Å². The van der Waals surface area contributed by atoms with Gasteiger partial charge in [0.05, 0.1) is 12.6 Å². The Labute approximate surface area is 174 Å². The maximum absolute atomic E-state index is 14.2. The standard InChI is InChI=1S/C19H15ClFN3O4S/c20-13-4-2-1-3-12(13)10-28-15-6-5-11(7-14(15)21)9-22-24-19-23-18(27)16(29-19)8-17(25)26/h1-7,9,16H,8,10H2,(H,25,26)(H,23,24,27). The summed E-state index contributed by atoms with van der Waals surface area (Å²) in [6.07, 6.45) is 1.01. The topological polar surface area (TPSA) is 100 Å². The minimum Gasteiger partial charge on any atom is -0.486 e. The number of aliphatic carboxylic acids is 1. The number of carboxylic acid groups (broad SMARTS) is 1. The Morgan fingerprint density at radius 1 is 1.34 bits per heavy atom. The van der Waals surface area contributed by atoms with Crippen LogP contribution < -0.4 is 10.1 Å². The molecule has 0 radical (unpaired) electrons. The minimum absolute atomic E-state index is 0.0727. The van der Waals surface area contributed by atoms with Crippen molar-refractivity contribution in [3.8, 4) is 5.75 Å². The van der Waals surface area contributed by atoms with Crippen molar-refractivity contribution < 1.29 is 23.8 Å². The Kier molecular flexibility index (Phi) is 6.84. The van der Waals surface area contributed by atoms with Gasteiger partial charge in [0.2, 0.25) is 5.91 Å². The van der Waals surface area contributed by atoms with Crippen LogP contribution >= 0.6 is 23.4 Å². The second-order valence-electron chi connectivity index (χ2n) is 5.91. The van der Waals surface area contributed by atoms with Gasteiger partial charge >= 0.3 is 5.97 Å². The van der Waals surface area contributed by atoms with Gasteiger partial charge in [0.25, 0.3) is 0 Å². The summed E-state index contributed by atoms with van der Waals surface area (Å²) in [7, 11) is 0. The number of hydrogen-bond acceptors (Lipinski definition) is 6. The smallest absolute Gasteiger partial charge is 0.305 e. The summed E-state index contributed by atoms with van der Waals surface area (Å²) in [4.78, 5) is 22.3. The second kappa shape index (κ2) is 9.53. The van der Waals surface area contributed by atoms with E-state index in [4.69, 9.17) is 21.4 Å². The number of amides is 1. The lowest BCUT2D eigenvalue weighted by molar-refractivity contribution is -0.138. The first-order valence-electron chi connectivity index (χ1n) is 8.38. The highest BCUT2D eigenvalue weighted by Crippen LogP contribution is 2.23. The molecular formula is C19H15ClFN3O4S. The summed E-state index contributed by atoms with van der Waals surface area (Å²) in [6.45, 7) is 0.131. The van der Waals surface area contributed by atoms with E-state index in [0.717, 1.165) is 17.3 Å². The Morgan fingerprint density at radius 2 is 2.14 bits per heavy atom. The quantitative estimate of drug-likeness (QED) is 0.512. The number of carboxylic acids is 1. The van der Waals surface area contributed by atoms with Gasteiger partial charge in [0.1, 0.15) is 11.9 Å². The third-order valence-electron chi connectivity index (χ3n) is 3.79. The molecule has 0 bridgehead atoms. The molecule has 150 valence electrons. The summed E-state index contributed by atoms with van der Waals surface area (Å²) in [5.74, 6) is -2.01. The highest BCUT2D eigenvalue weighted by atomic mass is 35.5. The molecular weight excluding hydrogens is 421 g/mol. The van der Waals surface area contributed by atoms with Gasteiger partial charge in [-0.1, -0.05) is 41.6 Å². The fraction of sp³-hybridized carbons (Fsp3) is 0.158. The van der Waals surface area contributed by atoms with Crippen molar-refractivity contribution in [2.24, 2.45) is 10.2 Å². The highest BCUT2D eigenvalue weighted by Gasteiger charge is 2.32. The van der Waals surface area contributed by atoms with Gasteiger partial charge < -0.3 is 15.2 Å². The van der Waals surface area contributed by atoms with Crippen molar-refractivity contribution in [3.05, 3.63) is 64.4 Å². The van der Waals surface area contributed by atoms with Crippen molar-refractivity contribution in [2.75, 3.05) is 0 Å². The van der Waals surface area contributed by atoms with Gasteiger partial charge in [0, 0.05) is 10.6 Å². The number of rotatable bonds is 7. The molecule has 3 rings (SSSR count). The molecule has 1 amide bonds. The van der Waals surface area contributed by atoms with E-state index < -0.39 is 22.9 Å². The molecule has 1 fully saturated rings. The molecule has 0 spiro atoms. The monoisotopic (exact) mass is 435 g/mol. The van der Waals surface area contributed by atoms with Crippen molar-refractivity contribution in [1.29, 1.82) is 0 Å². The van der Waals surface area contributed by atoms with Gasteiger partial charge in [-0.2, -0.15) is 5.10 Å². The molecule has 1 aliphatic heterocycles. The number of carbonyl (C=O) groups is 2. The first-order valence-corrected chi connectivity index (χ1v) is 9.64. The van der Waals surface area contributed by atoms with E-state index in [0.29, 0.717) is 10.6 Å². The molecule has 7 nitrogen and oxygen atoms in total. The summed E-state index contributed by atoms with van der Waals surface area (Å²) in [5.41, 5.74) is 1.18. The first kappa shape index (κ1) is 20.8. The van der Waals surface area contributed by atoms with E-state index in [2.05, 4.69) is 15.5 Å². The van der Waals surface area contributed by atoms with Crippen LogP contribution in [-0.4, -0.2) is 33.6 Å². The Hall–Kier alpha value is -2.91. The van der Waals surface area contributed by atoms with E-state index in [-0.39, 0.29) is 23.9 Å². The van der Waals surface area contributed by atoms with Gasteiger partial charge in [-0.05, 0) is 29.8 Å². The van der Waals surface area contributed by atoms with E-state index >= 15 is 0 Å². The number of ether oxygens (including phenoxy) is 1. The van der Waals surface area contributed by atoms with E-state index in [1.165, 1.54) is 18.3 Å². The van der Waals surface area contributed by atoms with E-state index in [1.54, 1.807) is 24.3 Å². The molecule has 1 heterocycles. The lowest BCUT2D eigenvalue weighted by atomic mass is 10.2. The van der Waals surface area contributed by atoms with Gasteiger partial charge in [-0.25, -0.2) is 4.39 Å². The molecule has 2 N–H and O–H groups in total. The molecule has 1 unspecified atom stereocenters. The number of carbonyl (C=O) groups excluding carboxylic acids is 1. The zero-order valence-corrected chi connectivity index (χ0v) is 16.4. The van der Waals surface area contributed by atoms with E-state index in [1.807, 2.05) is 6.07 Å². The average molecular weight is 436 g/mol. The fourth-order valence-corrected chi connectivity index (χ4v) is 3.48. The zero-order valence-electron chi connectivity index (χ0n) is 14.8.